The maximum atomic E-state index is 11.8. The van der Waals surface area contributed by atoms with Crippen LogP contribution in [0.5, 0.6) is 5.75 Å². The molecule has 0 aliphatic rings. The lowest BCUT2D eigenvalue weighted by Crippen LogP contribution is -2.29. The van der Waals surface area contributed by atoms with Crippen molar-refractivity contribution in [2.75, 3.05) is 19.8 Å². The Morgan fingerprint density at radius 1 is 1.07 bits per heavy atom. The Kier molecular flexibility index (Phi) is 7.02. The van der Waals surface area contributed by atoms with Gasteiger partial charge in [-0.15, -0.1) is 0 Å². The van der Waals surface area contributed by atoms with E-state index in [0.717, 1.165) is 22.2 Å². The van der Waals surface area contributed by atoms with Crippen molar-refractivity contribution in [3.05, 3.63) is 71.4 Å². The van der Waals surface area contributed by atoms with Crippen molar-refractivity contribution in [3.8, 4) is 5.75 Å². The predicted octanol–water partition coefficient (Wildman–Crippen LogP) is 3.99. The number of para-hydroxylation sites is 1. The molecule has 1 N–H and O–H groups in total. The summed E-state index contributed by atoms with van der Waals surface area (Å²) < 4.78 is 11.2. The highest BCUT2D eigenvalue weighted by atomic mass is 35.5. The van der Waals surface area contributed by atoms with E-state index in [4.69, 9.17) is 21.1 Å². The van der Waals surface area contributed by atoms with Gasteiger partial charge in [0.15, 0.2) is 0 Å². The zero-order valence-electron chi connectivity index (χ0n) is 14.9. The number of ether oxygens (including phenoxy) is 2. The summed E-state index contributed by atoms with van der Waals surface area (Å²) in [5.41, 5.74) is 1.71. The molecule has 1 heterocycles. The van der Waals surface area contributed by atoms with Gasteiger partial charge >= 0.3 is 0 Å². The molecule has 2 aromatic carbocycles. The highest BCUT2D eigenvalue weighted by molar-refractivity contribution is 6.31. The number of carbonyl (C=O) groups excluding carboxylic acids is 1. The molecule has 0 bridgehead atoms. The molecule has 0 radical (unpaired) electrons. The summed E-state index contributed by atoms with van der Waals surface area (Å²) in [4.78, 5) is 16.2. The number of nitrogens with one attached hydrogen (secondary N) is 1. The fourth-order valence-corrected chi connectivity index (χ4v) is 2.79. The molecule has 0 atom stereocenters. The van der Waals surface area contributed by atoms with Gasteiger partial charge in [0.05, 0.1) is 13.2 Å². The van der Waals surface area contributed by atoms with Crippen LogP contribution in [0.2, 0.25) is 5.02 Å². The number of carbonyl (C=O) groups is 1. The molecule has 0 unspecified atom stereocenters. The number of hydrogen-bond acceptors (Lipinski definition) is 4. The van der Waals surface area contributed by atoms with Gasteiger partial charge in [0.25, 0.3) is 0 Å². The van der Waals surface area contributed by atoms with Crippen LogP contribution in [-0.2, 0) is 16.1 Å². The minimum Gasteiger partial charge on any atom is -0.491 e. The summed E-state index contributed by atoms with van der Waals surface area (Å²) in [5.74, 6) is 0.594. The summed E-state index contributed by atoms with van der Waals surface area (Å²) >= 11 is 6.05. The number of amides is 1. The first-order chi connectivity index (χ1) is 13.2. The summed E-state index contributed by atoms with van der Waals surface area (Å²) in [7, 11) is 0. The van der Waals surface area contributed by atoms with E-state index in [0.29, 0.717) is 31.2 Å². The monoisotopic (exact) mass is 384 g/mol. The normalized spacial score (nSPS) is 10.7. The molecular formula is C21H21ClN2O3. The number of halogens is 1. The van der Waals surface area contributed by atoms with E-state index < -0.39 is 0 Å². The average molecular weight is 385 g/mol. The number of aromatic nitrogens is 1. The zero-order valence-corrected chi connectivity index (χ0v) is 15.6. The number of hydrogen-bond donors (Lipinski definition) is 1. The van der Waals surface area contributed by atoms with Crippen molar-refractivity contribution >= 4 is 28.4 Å². The number of benzene rings is 2. The second kappa shape index (κ2) is 9.90. The first-order valence-electron chi connectivity index (χ1n) is 8.78. The Balaban J connectivity index is 1.33. The topological polar surface area (TPSA) is 60.5 Å². The minimum atomic E-state index is -0.158. The Morgan fingerprint density at radius 2 is 1.93 bits per heavy atom. The van der Waals surface area contributed by atoms with Crippen LogP contribution in [-0.4, -0.2) is 30.6 Å². The van der Waals surface area contributed by atoms with Crippen LogP contribution in [0.3, 0.4) is 0 Å². The predicted molar refractivity (Wildman–Crippen MR) is 106 cm³/mol. The Bertz CT molecular complexity index is 896. The highest BCUT2D eigenvalue weighted by Gasteiger charge is 2.05. The quantitative estimate of drug-likeness (QED) is 0.567. The molecule has 1 amide bonds. The second-order valence-corrected chi connectivity index (χ2v) is 6.37. The number of rotatable bonds is 9. The molecular weight excluding hydrogens is 364 g/mol. The number of fused-ring (bicyclic) bond motifs is 1. The molecule has 0 spiro atoms. The molecule has 0 aliphatic heterocycles. The van der Waals surface area contributed by atoms with Crippen LogP contribution < -0.4 is 10.1 Å². The standard InChI is InChI=1S/C21H21ClN2O3/c22-18-9-2-1-6-17(18)14-26-15-20(25)23-12-5-13-27-19-10-3-7-16-8-4-11-24-21(16)19/h1-4,6-11H,5,12-15H2,(H,23,25). The zero-order chi connectivity index (χ0) is 18.9. The van der Waals surface area contributed by atoms with Gasteiger partial charge in [-0.1, -0.05) is 48.0 Å². The number of pyridine rings is 1. The second-order valence-electron chi connectivity index (χ2n) is 5.97. The van der Waals surface area contributed by atoms with Gasteiger partial charge in [0.1, 0.15) is 17.9 Å². The molecule has 27 heavy (non-hydrogen) atoms. The Labute approximate surface area is 163 Å². The van der Waals surface area contributed by atoms with Crippen LogP contribution in [0.4, 0.5) is 0 Å². The fraction of sp³-hybridized carbons (Fsp3) is 0.238. The van der Waals surface area contributed by atoms with E-state index in [-0.39, 0.29) is 12.5 Å². The van der Waals surface area contributed by atoms with Crippen molar-refractivity contribution in [1.29, 1.82) is 0 Å². The molecule has 140 valence electrons. The van der Waals surface area contributed by atoms with Gasteiger partial charge in [0, 0.05) is 23.2 Å². The van der Waals surface area contributed by atoms with Crippen molar-refractivity contribution < 1.29 is 14.3 Å². The Hall–Kier alpha value is -2.63. The van der Waals surface area contributed by atoms with E-state index in [9.17, 15) is 4.79 Å². The van der Waals surface area contributed by atoms with Crippen molar-refractivity contribution in [3.63, 3.8) is 0 Å². The maximum absolute atomic E-state index is 11.8. The first kappa shape index (κ1) is 19.1. The third-order valence-electron chi connectivity index (χ3n) is 3.95. The van der Waals surface area contributed by atoms with Gasteiger partial charge in [-0.05, 0) is 30.2 Å². The SMILES string of the molecule is O=C(COCc1ccccc1Cl)NCCCOc1cccc2cccnc12. The van der Waals surface area contributed by atoms with Crippen LogP contribution in [0.15, 0.2) is 60.8 Å². The van der Waals surface area contributed by atoms with E-state index in [1.54, 1.807) is 12.3 Å². The van der Waals surface area contributed by atoms with Crippen LogP contribution >= 0.6 is 11.6 Å². The highest BCUT2D eigenvalue weighted by Crippen LogP contribution is 2.22. The summed E-state index contributed by atoms with van der Waals surface area (Å²) in [5, 5.41) is 4.49. The van der Waals surface area contributed by atoms with Gasteiger partial charge in [-0.3, -0.25) is 9.78 Å². The van der Waals surface area contributed by atoms with E-state index in [1.807, 2.05) is 48.5 Å². The van der Waals surface area contributed by atoms with E-state index in [1.165, 1.54) is 0 Å². The van der Waals surface area contributed by atoms with Gasteiger partial charge in [-0.25, -0.2) is 0 Å². The maximum Gasteiger partial charge on any atom is 0.246 e. The largest absolute Gasteiger partial charge is 0.491 e. The lowest BCUT2D eigenvalue weighted by atomic mass is 10.2. The fourth-order valence-electron chi connectivity index (χ4n) is 2.59. The molecule has 1 aromatic heterocycles. The van der Waals surface area contributed by atoms with Crippen LogP contribution in [0.25, 0.3) is 10.9 Å². The molecule has 5 nitrogen and oxygen atoms in total. The first-order valence-corrected chi connectivity index (χ1v) is 9.16. The average Bonchev–Trinajstić information content (AvgIpc) is 2.69. The summed E-state index contributed by atoms with van der Waals surface area (Å²) in [6.45, 7) is 1.33. The lowest BCUT2D eigenvalue weighted by molar-refractivity contribution is -0.126. The summed E-state index contributed by atoms with van der Waals surface area (Å²) in [6.07, 6.45) is 2.44. The van der Waals surface area contributed by atoms with Crippen molar-refractivity contribution in [2.45, 2.75) is 13.0 Å². The molecule has 3 rings (SSSR count). The number of nitrogens with zero attached hydrogens (tertiary/aromatic N) is 1. The van der Waals surface area contributed by atoms with Crippen LogP contribution in [0.1, 0.15) is 12.0 Å². The molecule has 0 fully saturated rings. The molecule has 0 saturated carbocycles. The molecule has 0 saturated heterocycles. The summed E-state index contributed by atoms with van der Waals surface area (Å²) in [6, 6.07) is 17.1. The molecule has 3 aromatic rings. The molecule has 6 heteroatoms. The third-order valence-corrected chi connectivity index (χ3v) is 4.31. The van der Waals surface area contributed by atoms with Crippen molar-refractivity contribution in [2.24, 2.45) is 0 Å². The van der Waals surface area contributed by atoms with Gasteiger partial charge in [0.2, 0.25) is 5.91 Å². The smallest absolute Gasteiger partial charge is 0.246 e. The van der Waals surface area contributed by atoms with Gasteiger partial charge in [-0.2, -0.15) is 0 Å². The molecule has 0 aliphatic carbocycles. The Morgan fingerprint density at radius 3 is 2.81 bits per heavy atom. The van der Waals surface area contributed by atoms with Crippen LogP contribution in [0, 0.1) is 0 Å². The minimum absolute atomic E-state index is 0.000671. The van der Waals surface area contributed by atoms with Gasteiger partial charge < -0.3 is 14.8 Å². The van der Waals surface area contributed by atoms with Crippen molar-refractivity contribution in [1.82, 2.24) is 10.3 Å². The third kappa shape index (κ3) is 5.67. The lowest BCUT2D eigenvalue weighted by Gasteiger charge is -2.10. The van der Waals surface area contributed by atoms with E-state index in [2.05, 4.69) is 10.3 Å². The van der Waals surface area contributed by atoms with E-state index >= 15 is 0 Å².